The third-order valence-electron chi connectivity index (χ3n) is 2.08. The van der Waals surface area contributed by atoms with Crippen LogP contribution in [0, 0.1) is 0 Å². The molecule has 1 aliphatic heterocycles. The Morgan fingerprint density at radius 2 is 2.38 bits per heavy atom. The number of hydrogen-bond acceptors (Lipinski definition) is 2. The molecule has 2 nitrogen and oxygen atoms in total. The van der Waals surface area contributed by atoms with Gasteiger partial charge in [0.05, 0.1) is 11.6 Å². The summed E-state index contributed by atoms with van der Waals surface area (Å²) in [6, 6.07) is 3.68. The molecule has 0 spiro atoms. The minimum atomic E-state index is -0.147. The minimum Gasteiger partial charge on any atom is -0.486 e. The van der Waals surface area contributed by atoms with Gasteiger partial charge in [0.1, 0.15) is 11.9 Å². The molecule has 1 aromatic carbocycles. The molecule has 0 radical (unpaired) electrons. The molecule has 0 amide bonds. The Kier molecular flexibility index (Phi) is 2.49. The second-order valence-electron chi connectivity index (χ2n) is 2.96. The summed E-state index contributed by atoms with van der Waals surface area (Å²) < 4.78 is 6.44. The first kappa shape index (κ1) is 9.31. The Balaban J connectivity index is 2.43. The fourth-order valence-corrected chi connectivity index (χ4v) is 2.13. The van der Waals surface area contributed by atoms with Crippen molar-refractivity contribution in [2.24, 2.45) is 0 Å². The normalized spacial score (nSPS) is 19.8. The van der Waals surface area contributed by atoms with Crippen LogP contribution in [0.3, 0.4) is 0 Å². The van der Waals surface area contributed by atoms with Crippen molar-refractivity contribution in [2.45, 2.75) is 12.5 Å². The Bertz CT molecular complexity index is 310. The number of fused-ring (bicyclic) bond motifs is 1. The molecule has 0 saturated carbocycles. The maximum Gasteiger partial charge on any atom is 0.142 e. The summed E-state index contributed by atoms with van der Waals surface area (Å²) in [5.41, 5.74) is 1.05. The van der Waals surface area contributed by atoms with E-state index in [-0.39, 0.29) is 12.7 Å². The lowest BCUT2D eigenvalue weighted by molar-refractivity contribution is 0.134. The second-order valence-corrected chi connectivity index (χ2v) is 4.22. The number of benzene rings is 1. The maximum absolute atomic E-state index is 8.94. The molecule has 1 unspecified atom stereocenters. The highest BCUT2D eigenvalue weighted by Gasteiger charge is 2.26. The van der Waals surface area contributed by atoms with E-state index in [2.05, 4.69) is 15.9 Å². The van der Waals surface area contributed by atoms with Crippen molar-refractivity contribution in [2.75, 3.05) is 6.61 Å². The fraction of sp³-hybridized carbons (Fsp3) is 0.333. The number of rotatable bonds is 1. The predicted molar refractivity (Wildman–Crippen MR) is 54.4 cm³/mol. The summed E-state index contributed by atoms with van der Waals surface area (Å²) in [4.78, 5) is 0. The zero-order chi connectivity index (χ0) is 9.42. The van der Waals surface area contributed by atoms with Crippen LogP contribution in [0.15, 0.2) is 16.6 Å². The third-order valence-corrected chi connectivity index (χ3v) is 3.12. The van der Waals surface area contributed by atoms with Crippen molar-refractivity contribution in [1.29, 1.82) is 0 Å². The number of aliphatic hydroxyl groups excluding tert-OH is 1. The van der Waals surface area contributed by atoms with Crippen LogP contribution in [0.4, 0.5) is 0 Å². The Morgan fingerprint density at radius 1 is 1.62 bits per heavy atom. The summed E-state index contributed by atoms with van der Waals surface area (Å²) in [6.07, 6.45) is 0.568. The smallest absolute Gasteiger partial charge is 0.142 e. The van der Waals surface area contributed by atoms with Gasteiger partial charge in [-0.2, -0.15) is 0 Å². The zero-order valence-electron chi connectivity index (χ0n) is 6.76. The van der Waals surface area contributed by atoms with Crippen LogP contribution in [-0.4, -0.2) is 17.8 Å². The van der Waals surface area contributed by atoms with Crippen molar-refractivity contribution in [3.05, 3.63) is 27.2 Å². The lowest BCUT2D eigenvalue weighted by Gasteiger charge is -2.06. The Labute approximate surface area is 89.6 Å². The number of ether oxygens (including phenoxy) is 1. The van der Waals surface area contributed by atoms with Gasteiger partial charge in [-0.3, -0.25) is 0 Å². The molecule has 70 valence electrons. The van der Waals surface area contributed by atoms with Gasteiger partial charge >= 0.3 is 0 Å². The lowest BCUT2D eigenvalue weighted by atomic mass is 10.1. The van der Waals surface area contributed by atoms with E-state index >= 15 is 0 Å². The molecule has 1 N–H and O–H groups in total. The molecular formula is C9H8BrClO2. The average Bonchev–Trinajstić information content (AvgIpc) is 2.56. The Morgan fingerprint density at radius 3 is 3.00 bits per heavy atom. The van der Waals surface area contributed by atoms with Gasteiger partial charge in [0, 0.05) is 16.5 Å². The molecule has 1 aromatic rings. The largest absolute Gasteiger partial charge is 0.486 e. The molecule has 0 saturated heterocycles. The van der Waals surface area contributed by atoms with Crippen LogP contribution in [0.1, 0.15) is 5.56 Å². The van der Waals surface area contributed by atoms with Crippen molar-refractivity contribution < 1.29 is 9.84 Å². The van der Waals surface area contributed by atoms with Crippen molar-refractivity contribution in [3.63, 3.8) is 0 Å². The highest BCUT2D eigenvalue weighted by atomic mass is 79.9. The van der Waals surface area contributed by atoms with E-state index in [4.69, 9.17) is 21.4 Å². The van der Waals surface area contributed by atoms with Gasteiger partial charge in [-0.15, -0.1) is 0 Å². The molecule has 0 fully saturated rings. The highest BCUT2D eigenvalue weighted by Crippen LogP contribution is 2.39. The predicted octanol–water partition coefficient (Wildman–Crippen LogP) is 2.40. The standard InChI is InChI=1S/C9H8BrClO2/c10-7-1-2-8(11)9-6(7)3-5(4-12)13-9/h1-2,5,12H,3-4H2. The van der Waals surface area contributed by atoms with E-state index in [1.165, 1.54) is 0 Å². The summed E-state index contributed by atoms with van der Waals surface area (Å²) >= 11 is 9.35. The van der Waals surface area contributed by atoms with Gasteiger partial charge in [-0.25, -0.2) is 0 Å². The number of aliphatic hydroxyl groups is 1. The van der Waals surface area contributed by atoms with Crippen LogP contribution < -0.4 is 4.74 Å². The van der Waals surface area contributed by atoms with E-state index in [0.29, 0.717) is 17.2 Å². The van der Waals surface area contributed by atoms with Crippen molar-refractivity contribution >= 4 is 27.5 Å². The molecule has 0 aliphatic carbocycles. The summed E-state index contributed by atoms with van der Waals surface area (Å²) in [6.45, 7) is 0.0252. The molecule has 1 heterocycles. The molecule has 2 rings (SSSR count). The average molecular weight is 264 g/mol. The van der Waals surface area contributed by atoms with Crippen LogP contribution in [0.25, 0.3) is 0 Å². The summed E-state index contributed by atoms with van der Waals surface area (Å²) in [5, 5.41) is 9.54. The van der Waals surface area contributed by atoms with Crippen LogP contribution in [0.2, 0.25) is 5.02 Å². The summed E-state index contributed by atoms with van der Waals surface area (Å²) in [7, 11) is 0. The van der Waals surface area contributed by atoms with E-state index in [0.717, 1.165) is 10.0 Å². The first-order chi connectivity index (χ1) is 6.22. The quantitative estimate of drug-likeness (QED) is 0.843. The van der Waals surface area contributed by atoms with E-state index in [1.54, 1.807) is 6.07 Å². The number of hydrogen-bond donors (Lipinski definition) is 1. The molecule has 1 atom stereocenters. The molecule has 4 heteroatoms. The SMILES string of the molecule is OCC1Cc2c(Br)ccc(Cl)c2O1. The van der Waals surface area contributed by atoms with Gasteiger partial charge in [0.25, 0.3) is 0 Å². The van der Waals surface area contributed by atoms with Gasteiger partial charge in [0.2, 0.25) is 0 Å². The zero-order valence-corrected chi connectivity index (χ0v) is 9.10. The van der Waals surface area contributed by atoms with Crippen LogP contribution >= 0.6 is 27.5 Å². The van der Waals surface area contributed by atoms with Gasteiger partial charge in [-0.05, 0) is 12.1 Å². The maximum atomic E-state index is 8.94. The third kappa shape index (κ3) is 1.56. The second kappa shape index (κ2) is 3.48. The monoisotopic (exact) mass is 262 g/mol. The lowest BCUT2D eigenvalue weighted by Crippen LogP contribution is -2.17. The van der Waals surface area contributed by atoms with Gasteiger partial charge < -0.3 is 9.84 Å². The molecule has 0 bridgehead atoms. The minimum absolute atomic E-state index is 0.0252. The topological polar surface area (TPSA) is 29.5 Å². The van der Waals surface area contributed by atoms with E-state index in [9.17, 15) is 0 Å². The molecule has 13 heavy (non-hydrogen) atoms. The van der Waals surface area contributed by atoms with E-state index < -0.39 is 0 Å². The fourth-order valence-electron chi connectivity index (χ4n) is 1.43. The van der Waals surface area contributed by atoms with Gasteiger partial charge in [0.15, 0.2) is 0 Å². The number of halogens is 2. The molecule has 0 aromatic heterocycles. The van der Waals surface area contributed by atoms with Gasteiger partial charge in [-0.1, -0.05) is 27.5 Å². The Hall–Kier alpha value is -0.250. The van der Waals surface area contributed by atoms with Crippen molar-refractivity contribution in [3.8, 4) is 5.75 Å². The van der Waals surface area contributed by atoms with Crippen LogP contribution in [-0.2, 0) is 6.42 Å². The molecular weight excluding hydrogens is 255 g/mol. The first-order valence-corrected chi connectivity index (χ1v) is 5.14. The first-order valence-electron chi connectivity index (χ1n) is 3.96. The summed E-state index contributed by atoms with van der Waals surface area (Å²) in [5.74, 6) is 0.704. The van der Waals surface area contributed by atoms with Crippen molar-refractivity contribution in [1.82, 2.24) is 0 Å². The van der Waals surface area contributed by atoms with Crippen LogP contribution in [0.5, 0.6) is 5.75 Å². The van der Waals surface area contributed by atoms with E-state index in [1.807, 2.05) is 6.07 Å². The molecule has 1 aliphatic rings. The highest BCUT2D eigenvalue weighted by molar-refractivity contribution is 9.10.